The molecule has 1 aromatic carbocycles. The van der Waals surface area contributed by atoms with Crippen LogP contribution in [0.25, 0.3) is 5.65 Å². The van der Waals surface area contributed by atoms with Crippen molar-refractivity contribution in [3.8, 4) is 0 Å². The summed E-state index contributed by atoms with van der Waals surface area (Å²) in [5.74, 6) is -0.434. The Kier molecular flexibility index (Phi) is 4.65. The molecule has 1 atom stereocenters. The van der Waals surface area contributed by atoms with E-state index < -0.39 is 18.3 Å². The van der Waals surface area contributed by atoms with Crippen molar-refractivity contribution in [3.05, 3.63) is 59.2 Å². The first-order valence-corrected chi connectivity index (χ1v) is 7.57. The number of aromatic nitrogens is 3. The number of alkyl halides is 2. The minimum absolute atomic E-state index is 0.131. The van der Waals surface area contributed by atoms with Gasteiger partial charge in [-0.3, -0.25) is 0 Å². The van der Waals surface area contributed by atoms with Gasteiger partial charge in [0.15, 0.2) is 11.5 Å². The fourth-order valence-electron chi connectivity index (χ4n) is 2.60. The standard InChI is InChI=1S/C16H15F3N6O/c1-8(11-6-9(17)2-3-10(11)14(18)19)22-13-4-5-25-16(23-13)12(7-21-25)15(20)24-26/h2-8,14,26H,1H3,(H2,20,24)(H,22,23)/t8-/m1/s1. The van der Waals surface area contributed by atoms with Gasteiger partial charge in [-0.05, 0) is 30.7 Å². The Bertz CT molecular complexity index is 972. The van der Waals surface area contributed by atoms with Crippen molar-refractivity contribution in [2.24, 2.45) is 10.9 Å². The molecule has 0 unspecified atom stereocenters. The third-order valence-electron chi connectivity index (χ3n) is 3.87. The van der Waals surface area contributed by atoms with Gasteiger partial charge in [0.25, 0.3) is 6.43 Å². The Morgan fingerprint density at radius 3 is 2.77 bits per heavy atom. The van der Waals surface area contributed by atoms with Crippen LogP contribution in [0.2, 0.25) is 0 Å². The summed E-state index contributed by atoms with van der Waals surface area (Å²) < 4.78 is 41.3. The topological polar surface area (TPSA) is 101 Å². The van der Waals surface area contributed by atoms with E-state index in [0.717, 1.165) is 18.2 Å². The molecule has 136 valence electrons. The molecule has 0 spiro atoms. The van der Waals surface area contributed by atoms with Gasteiger partial charge in [0.1, 0.15) is 11.6 Å². The molecule has 0 bridgehead atoms. The van der Waals surface area contributed by atoms with Crippen molar-refractivity contribution < 1.29 is 18.4 Å². The molecule has 10 heteroatoms. The molecule has 0 aliphatic heterocycles. The number of fused-ring (bicyclic) bond motifs is 1. The summed E-state index contributed by atoms with van der Waals surface area (Å²) >= 11 is 0. The van der Waals surface area contributed by atoms with Crippen LogP contribution in [-0.2, 0) is 0 Å². The zero-order valence-corrected chi connectivity index (χ0v) is 13.6. The second kappa shape index (κ2) is 6.90. The molecule has 0 aliphatic rings. The quantitative estimate of drug-likeness (QED) is 0.280. The van der Waals surface area contributed by atoms with Crippen LogP contribution in [-0.4, -0.2) is 25.6 Å². The van der Waals surface area contributed by atoms with Gasteiger partial charge in [0, 0.05) is 11.8 Å². The minimum atomic E-state index is -2.73. The van der Waals surface area contributed by atoms with Crippen LogP contribution < -0.4 is 11.1 Å². The molecule has 2 aromatic heterocycles. The van der Waals surface area contributed by atoms with Crippen LogP contribution >= 0.6 is 0 Å². The van der Waals surface area contributed by atoms with Crippen LogP contribution in [0.4, 0.5) is 19.0 Å². The zero-order valence-electron chi connectivity index (χ0n) is 13.6. The third kappa shape index (κ3) is 3.25. The highest BCUT2D eigenvalue weighted by Crippen LogP contribution is 2.29. The van der Waals surface area contributed by atoms with Gasteiger partial charge >= 0.3 is 0 Å². The largest absolute Gasteiger partial charge is 0.409 e. The van der Waals surface area contributed by atoms with E-state index in [1.807, 2.05) is 0 Å². The Morgan fingerprint density at radius 1 is 1.31 bits per heavy atom. The third-order valence-corrected chi connectivity index (χ3v) is 3.87. The first-order chi connectivity index (χ1) is 12.4. The Hall–Kier alpha value is -3.30. The predicted molar refractivity (Wildman–Crippen MR) is 88.9 cm³/mol. The molecule has 4 N–H and O–H groups in total. The number of hydrogen-bond donors (Lipinski definition) is 3. The molecule has 0 fully saturated rings. The van der Waals surface area contributed by atoms with Crippen molar-refractivity contribution in [1.29, 1.82) is 0 Å². The average Bonchev–Trinajstić information content (AvgIpc) is 3.03. The highest BCUT2D eigenvalue weighted by atomic mass is 19.3. The lowest BCUT2D eigenvalue weighted by atomic mass is 10.0. The summed E-state index contributed by atoms with van der Waals surface area (Å²) in [5.41, 5.74) is 6.07. The van der Waals surface area contributed by atoms with Crippen LogP contribution in [0.3, 0.4) is 0 Å². The average molecular weight is 364 g/mol. The smallest absolute Gasteiger partial charge is 0.264 e. The van der Waals surface area contributed by atoms with Crippen molar-refractivity contribution >= 4 is 17.3 Å². The molecule has 0 radical (unpaired) electrons. The lowest BCUT2D eigenvalue weighted by molar-refractivity contribution is 0.150. The molecule has 3 aromatic rings. The summed E-state index contributed by atoms with van der Waals surface area (Å²) in [6.45, 7) is 1.62. The second-order valence-electron chi connectivity index (χ2n) is 5.56. The molecule has 0 amide bonds. The van der Waals surface area contributed by atoms with E-state index in [1.54, 1.807) is 19.2 Å². The zero-order chi connectivity index (χ0) is 18.8. The van der Waals surface area contributed by atoms with Gasteiger partial charge < -0.3 is 16.3 Å². The van der Waals surface area contributed by atoms with Crippen molar-refractivity contribution in [2.45, 2.75) is 19.4 Å². The normalized spacial score (nSPS) is 13.3. The van der Waals surface area contributed by atoms with Gasteiger partial charge in [-0.2, -0.15) is 5.10 Å². The number of nitrogens with one attached hydrogen (secondary N) is 1. The first kappa shape index (κ1) is 17.5. The lowest BCUT2D eigenvalue weighted by Crippen LogP contribution is -2.14. The van der Waals surface area contributed by atoms with Gasteiger partial charge in [-0.15, -0.1) is 0 Å². The fraction of sp³-hybridized carbons (Fsp3) is 0.188. The number of hydrogen-bond acceptors (Lipinski definition) is 5. The highest BCUT2D eigenvalue weighted by Gasteiger charge is 2.19. The van der Waals surface area contributed by atoms with Crippen molar-refractivity contribution in [3.63, 3.8) is 0 Å². The van der Waals surface area contributed by atoms with Gasteiger partial charge in [-0.1, -0.05) is 11.2 Å². The summed E-state index contributed by atoms with van der Waals surface area (Å²) in [4.78, 5) is 4.30. The number of halogens is 3. The number of anilines is 1. The minimum Gasteiger partial charge on any atom is -0.409 e. The molecular formula is C16H15F3N6O. The SMILES string of the molecule is C[C@@H](Nc1ccn2ncc(/C(N)=N/O)c2n1)c1cc(F)ccc1C(F)F. The molecule has 7 nitrogen and oxygen atoms in total. The van der Waals surface area contributed by atoms with E-state index >= 15 is 0 Å². The number of nitrogens with two attached hydrogens (primary N) is 1. The second-order valence-corrected chi connectivity index (χ2v) is 5.56. The van der Waals surface area contributed by atoms with Gasteiger partial charge in [0.2, 0.25) is 0 Å². The monoisotopic (exact) mass is 364 g/mol. The van der Waals surface area contributed by atoms with Crippen LogP contribution in [0.1, 0.15) is 36.1 Å². The summed E-state index contributed by atoms with van der Waals surface area (Å²) in [5, 5.41) is 18.7. The lowest BCUT2D eigenvalue weighted by Gasteiger charge is -2.18. The van der Waals surface area contributed by atoms with E-state index in [0.29, 0.717) is 17.0 Å². The number of oxime groups is 1. The summed E-state index contributed by atoms with van der Waals surface area (Å²) in [6, 6.07) is 4.07. The Labute approximate surface area is 146 Å². The first-order valence-electron chi connectivity index (χ1n) is 7.57. The molecule has 0 aliphatic carbocycles. The van der Waals surface area contributed by atoms with Gasteiger partial charge in [-0.25, -0.2) is 22.7 Å². The van der Waals surface area contributed by atoms with Crippen LogP contribution in [0.15, 0.2) is 41.8 Å². The van der Waals surface area contributed by atoms with Crippen LogP contribution in [0, 0.1) is 5.82 Å². The fourth-order valence-corrected chi connectivity index (χ4v) is 2.60. The summed E-state index contributed by atoms with van der Waals surface area (Å²) in [7, 11) is 0. The maximum Gasteiger partial charge on any atom is 0.264 e. The highest BCUT2D eigenvalue weighted by molar-refractivity contribution is 6.02. The maximum atomic E-state index is 13.5. The Morgan fingerprint density at radius 2 is 2.08 bits per heavy atom. The molecule has 0 saturated carbocycles. The molecule has 2 heterocycles. The predicted octanol–water partition coefficient (Wildman–Crippen LogP) is 3.07. The number of rotatable bonds is 5. The number of benzene rings is 1. The summed E-state index contributed by atoms with van der Waals surface area (Å²) in [6.07, 6.45) is 0.226. The number of amidine groups is 1. The Balaban J connectivity index is 1.95. The molecule has 26 heavy (non-hydrogen) atoms. The van der Waals surface area contributed by atoms with E-state index in [4.69, 9.17) is 10.9 Å². The van der Waals surface area contributed by atoms with Crippen molar-refractivity contribution in [2.75, 3.05) is 5.32 Å². The van der Waals surface area contributed by atoms with E-state index in [1.165, 1.54) is 10.7 Å². The van der Waals surface area contributed by atoms with Crippen molar-refractivity contribution in [1.82, 2.24) is 14.6 Å². The maximum absolute atomic E-state index is 13.5. The number of nitrogens with zero attached hydrogens (tertiary/aromatic N) is 4. The van der Waals surface area contributed by atoms with Gasteiger partial charge in [0.05, 0.1) is 17.8 Å². The van der Waals surface area contributed by atoms with E-state index in [2.05, 4.69) is 20.6 Å². The molecule has 3 rings (SSSR count). The van der Waals surface area contributed by atoms with E-state index in [-0.39, 0.29) is 17.0 Å². The molecule has 0 saturated heterocycles. The molecular weight excluding hydrogens is 349 g/mol. The van der Waals surface area contributed by atoms with E-state index in [9.17, 15) is 13.2 Å². The van der Waals surface area contributed by atoms with Crippen LogP contribution in [0.5, 0.6) is 0 Å².